The first-order valence-corrected chi connectivity index (χ1v) is 6.69. The Kier molecular flexibility index (Phi) is 2.83. The molecule has 0 aliphatic carbocycles. The van der Waals surface area contributed by atoms with Crippen LogP contribution in [0.3, 0.4) is 0 Å². The van der Waals surface area contributed by atoms with Crippen molar-refractivity contribution in [2.75, 3.05) is 6.54 Å². The van der Waals surface area contributed by atoms with E-state index in [1.54, 1.807) is 22.7 Å². The zero-order valence-corrected chi connectivity index (χ0v) is 10.7. The van der Waals surface area contributed by atoms with E-state index in [9.17, 15) is 4.79 Å². The van der Waals surface area contributed by atoms with E-state index >= 15 is 0 Å². The summed E-state index contributed by atoms with van der Waals surface area (Å²) in [4.78, 5) is 22.3. The summed E-state index contributed by atoms with van der Waals surface area (Å²) in [5.74, 6) is 1.06. The second kappa shape index (κ2) is 4.49. The average molecular weight is 264 g/mol. The minimum Gasteiger partial charge on any atom is -0.340 e. The molecule has 1 aliphatic heterocycles. The molecule has 0 N–H and O–H groups in total. The van der Waals surface area contributed by atoms with Crippen molar-refractivity contribution in [3.63, 3.8) is 0 Å². The molecule has 1 atom stereocenters. The maximum absolute atomic E-state index is 12.3. The van der Waals surface area contributed by atoms with Crippen LogP contribution < -0.4 is 0 Å². The van der Waals surface area contributed by atoms with Gasteiger partial charge in [-0.15, -0.1) is 11.3 Å². The fourth-order valence-corrected chi connectivity index (χ4v) is 2.72. The van der Waals surface area contributed by atoms with Gasteiger partial charge >= 0.3 is 0 Å². The third-order valence-electron chi connectivity index (χ3n) is 3.01. The molecule has 3 heterocycles. The van der Waals surface area contributed by atoms with Gasteiger partial charge in [0, 0.05) is 18.8 Å². The highest BCUT2D eigenvalue weighted by Crippen LogP contribution is 2.31. The number of rotatable bonds is 2. The zero-order valence-electron chi connectivity index (χ0n) is 9.87. The largest absolute Gasteiger partial charge is 0.340 e. The van der Waals surface area contributed by atoms with Crippen LogP contribution in [0.5, 0.6) is 0 Å². The van der Waals surface area contributed by atoms with E-state index in [2.05, 4.69) is 15.1 Å². The summed E-state index contributed by atoms with van der Waals surface area (Å²) in [5.41, 5.74) is 2.16. The Hall–Kier alpha value is -1.76. The Morgan fingerprint density at radius 3 is 3.17 bits per heavy atom. The molecule has 0 bridgehead atoms. The van der Waals surface area contributed by atoms with E-state index in [4.69, 9.17) is 4.52 Å². The topological polar surface area (TPSA) is 72.1 Å². The molecule has 0 aromatic carbocycles. The number of likely N-dealkylation sites (tertiary alicyclic amines) is 1. The molecule has 94 valence electrons. The Morgan fingerprint density at radius 2 is 2.50 bits per heavy atom. The molecule has 1 aliphatic rings. The highest BCUT2D eigenvalue weighted by atomic mass is 32.1. The van der Waals surface area contributed by atoms with Crippen molar-refractivity contribution in [1.29, 1.82) is 0 Å². The van der Waals surface area contributed by atoms with E-state index in [0.29, 0.717) is 24.0 Å². The maximum Gasteiger partial charge on any atom is 0.273 e. The van der Waals surface area contributed by atoms with Crippen LogP contribution in [0.1, 0.15) is 41.1 Å². The highest BCUT2D eigenvalue weighted by molar-refractivity contribution is 7.07. The predicted octanol–water partition coefficient (Wildman–Crippen LogP) is 1.81. The number of thiazole rings is 1. The molecule has 1 amide bonds. The summed E-state index contributed by atoms with van der Waals surface area (Å²) in [6.45, 7) is 2.46. The summed E-state index contributed by atoms with van der Waals surface area (Å²) >= 11 is 1.42. The number of hydrogen-bond donors (Lipinski definition) is 0. The lowest BCUT2D eigenvalue weighted by atomic mass is 10.2. The van der Waals surface area contributed by atoms with E-state index < -0.39 is 0 Å². The van der Waals surface area contributed by atoms with Gasteiger partial charge in [0.15, 0.2) is 5.82 Å². The van der Waals surface area contributed by atoms with E-state index in [1.165, 1.54) is 11.3 Å². The number of nitrogens with zero attached hydrogens (tertiary/aromatic N) is 4. The van der Waals surface area contributed by atoms with Crippen LogP contribution in [0.2, 0.25) is 0 Å². The van der Waals surface area contributed by atoms with Crippen LogP contribution in [-0.2, 0) is 0 Å². The summed E-state index contributed by atoms with van der Waals surface area (Å²) in [5, 5.41) is 5.68. The van der Waals surface area contributed by atoms with Crippen molar-refractivity contribution >= 4 is 17.2 Å². The van der Waals surface area contributed by atoms with Gasteiger partial charge in [-0.3, -0.25) is 4.79 Å². The molecule has 1 saturated heterocycles. The van der Waals surface area contributed by atoms with E-state index in [0.717, 1.165) is 12.8 Å². The molecule has 0 spiro atoms. The molecule has 0 saturated carbocycles. The van der Waals surface area contributed by atoms with Crippen LogP contribution in [-0.4, -0.2) is 32.5 Å². The first-order chi connectivity index (χ1) is 8.75. The maximum atomic E-state index is 12.3. The first-order valence-electron chi connectivity index (χ1n) is 5.75. The van der Waals surface area contributed by atoms with Crippen molar-refractivity contribution < 1.29 is 9.32 Å². The van der Waals surface area contributed by atoms with Gasteiger partial charge in [-0.05, 0) is 12.8 Å². The van der Waals surface area contributed by atoms with E-state index in [1.807, 2.05) is 0 Å². The van der Waals surface area contributed by atoms with Crippen molar-refractivity contribution in [2.45, 2.75) is 25.8 Å². The molecule has 1 fully saturated rings. The molecule has 6 nitrogen and oxygen atoms in total. The van der Waals surface area contributed by atoms with Gasteiger partial charge in [0.25, 0.3) is 5.91 Å². The van der Waals surface area contributed by atoms with Crippen LogP contribution in [0.4, 0.5) is 0 Å². The number of carbonyl (C=O) groups excluding carboxylic acids is 1. The Labute approximate surface area is 108 Å². The van der Waals surface area contributed by atoms with Crippen LogP contribution >= 0.6 is 11.3 Å². The number of aromatic nitrogens is 3. The fourth-order valence-electron chi connectivity index (χ4n) is 2.19. The molecular formula is C11H12N4O2S. The third kappa shape index (κ3) is 1.90. The van der Waals surface area contributed by atoms with Crippen LogP contribution in [0, 0.1) is 6.92 Å². The minimum atomic E-state index is -0.0864. The van der Waals surface area contributed by atoms with Gasteiger partial charge < -0.3 is 9.42 Å². The third-order valence-corrected chi connectivity index (χ3v) is 3.59. The molecule has 2 aromatic heterocycles. The summed E-state index contributed by atoms with van der Waals surface area (Å²) in [7, 11) is 0. The Bertz CT molecular complexity index is 551. The molecular weight excluding hydrogens is 252 g/mol. The quantitative estimate of drug-likeness (QED) is 0.827. The van der Waals surface area contributed by atoms with Gasteiger partial charge in [0.05, 0.1) is 11.6 Å². The predicted molar refractivity (Wildman–Crippen MR) is 64.2 cm³/mol. The normalized spacial score (nSPS) is 19.4. The lowest BCUT2D eigenvalue weighted by Crippen LogP contribution is -2.31. The number of carbonyl (C=O) groups is 1. The second-order valence-electron chi connectivity index (χ2n) is 4.20. The minimum absolute atomic E-state index is 0.0544. The second-order valence-corrected chi connectivity index (χ2v) is 4.92. The van der Waals surface area contributed by atoms with Gasteiger partial charge in [-0.2, -0.15) is 4.98 Å². The van der Waals surface area contributed by atoms with Gasteiger partial charge in [-0.25, -0.2) is 4.98 Å². The molecule has 3 rings (SSSR count). The molecule has 2 aromatic rings. The number of aryl methyl sites for hydroxylation is 1. The fraction of sp³-hybridized carbons (Fsp3) is 0.455. The highest BCUT2D eigenvalue weighted by Gasteiger charge is 2.34. The lowest BCUT2D eigenvalue weighted by Gasteiger charge is -2.20. The van der Waals surface area contributed by atoms with Crippen molar-refractivity contribution in [2.24, 2.45) is 0 Å². The summed E-state index contributed by atoms with van der Waals surface area (Å²) in [6.07, 6.45) is 1.82. The SMILES string of the molecule is Cc1nc([C@H]2CCCN2C(=O)c2cscn2)no1. The smallest absolute Gasteiger partial charge is 0.273 e. The van der Waals surface area contributed by atoms with Crippen molar-refractivity contribution in [3.8, 4) is 0 Å². The molecule has 18 heavy (non-hydrogen) atoms. The molecule has 7 heteroatoms. The number of amides is 1. The molecule has 0 unspecified atom stereocenters. The number of hydrogen-bond acceptors (Lipinski definition) is 6. The molecule has 0 radical (unpaired) electrons. The Balaban J connectivity index is 1.85. The standard InChI is InChI=1S/C11H12N4O2S/c1-7-13-10(14-17-7)9-3-2-4-15(9)11(16)8-5-18-6-12-8/h5-6,9H,2-4H2,1H3/t9-/m1/s1. The van der Waals surface area contributed by atoms with Gasteiger partial charge in [-0.1, -0.05) is 5.16 Å². The monoisotopic (exact) mass is 264 g/mol. The van der Waals surface area contributed by atoms with Gasteiger partial charge in [0.2, 0.25) is 5.89 Å². The average Bonchev–Trinajstić information content (AvgIpc) is 3.09. The van der Waals surface area contributed by atoms with Crippen molar-refractivity contribution in [1.82, 2.24) is 20.0 Å². The van der Waals surface area contributed by atoms with Crippen molar-refractivity contribution in [3.05, 3.63) is 28.3 Å². The summed E-state index contributed by atoms with van der Waals surface area (Å²) in [6, 6.07) is -0.0864. The lowest BCUT2D eigenvalue weighted by molar-refractivity contribution is 0.0723. The Morgan fingerprint density at radius 1 is 1.61 bits per heavy atom. The van der Waals surface area contributed by atoms with Crippen LogP contribution in [0.25, 0.3) is 0 Å². The summed E-state index contributed by atoms with van der Waals surface area (Å²) < 4.78 is 4.98. The van der Waals surface area contributed by atoms with Gasteiger partial charge in [0.1, 0.15) is 5.69 Å². The van der Waals surface area contributed by atoms with E-state index in [-0.39, 0.29) is 11.9 Å². The van der Waals surface area contributed by atoms with Crippen LogP contribution in [0.15, 0.2) is 15.4 Å². The first kappa shape index (κ1) is 11.3. The zero-order chi connectivity index (χ0) is 12.5.